The summed E-state index contributed by atoms with van der Waals surface area (Å²) in [6, 6.07) is 16.9. The minimum atomic E-state index is -0.742. The number of piperazine rings is 1. The SMILES string of the molecule is CC(C)(CN1CCN(C2=Nc3ccccc3Cc3ccccc32)CC1)C(=O)O. The Morgan fingerprint density at radius 3 is 2.36 bits per heavy atom. The van der Waals surface area contributed by atoms with Gasteiger partial charge in [-0.2, -0.15) is 0 Å². The van der Waals surface area contributed by atoms with Gasteiger partial charge in [-0.15, -0.1) is 0 Å². The van der Waals surface area contributed by atoms with Crippen LogP contribution in [-0.2, 0) is 11.2 Å². The number of nitrogens with zero attached hydrogens (tertiary/aromatic N) is 3. The number of carbonyl (C=O) groups is 1. The van der Waals surface area contributed by atoms with Gasteiger partial charge in [0.15, 0.2) is 0 Å². The predicted octanol–water partition coefficient (Wildman–Crippen LogP) is 3.40. The van der Waals surface area contributed by atoms with E-state index in [1.54, 1.807) is 13.8 Å². The first-order valence-electron chi connectivity index (χ1n) is 9.90. The quantitative estimate of drug-likeness (QED) is 0.891. The maximum Gasteiger partial charge on any atom is 0.310 e. The minimum Gasteiger partial charge on any atom is -0.481 e. The molecule has 4 rings (SSSR count). The maximum absolute atomic E-state index is 11.4. The van der Waals surface area contributed by atoms with Crippen LogP contribution in [0.1, 0.15) is 30.5 Å². The highest BCUT2D eigenvalue weighted by Crippen LogP contribution is 2.30. The van der Waals surface area contributed by atoms with Crippen molar-refractivity contribution in [3.63, 3.8) is 0 Å². The number of aliphatic carboxylic acids is 1. The summed E-state index contributed by atoms with van der Waals surface area (Å²) in [6.07, 6.45) is 0.895. The Balaban J connectivity index is 1.57. The van der Waals surface area contributed by atoms with E-state index >= 15 is 0 Å². The molecule has 28 heavy (non-hydrogen) atoms. The van der Waals surface area contributed by atoms with E-state index in [1.807, 2.05) is 6.07 Å². The summed E-state index contributed by atoms with van der Waals surface area (Å²) in [6.45, 7) is 7.56. The maximum atomic E-state index is 11.4. The van der Waals surface area contributed by atoms with Crippen LogP contribution in [0.2, 0.25) is 0 Å². The van der Waals surface area contributed by atoms with Crippen molar-refractivity contribution in [3.05, 3.63) is 65.2 Å². The first-order valence-corrected chi connectivity index (χ1v) is 9.90. The molecule has 5 nitrogen and oxygen atoms in total. The molecule has 1 N–H and O–H groups in total. The molecule has 0 radical (unpaired) electrons. The molecule has 0 amide bonds. The first kappa shape index (κ1) is 18.7. The molecule has 1 fully saturated rings. The topological polar surface area (TPSA) is 56.1 Å². The standard InChI is InChI=1S/C23H27N3O2/c1-23(2,22(27)28)16-25-11-13-26(14-12-25)21-19-9-5-3-7-17(19)15-18-8-4-6-10-20(18)24-21/h3-10H,11-16H2,1-2H3,(H,27,28). The van der Waals surface area contributed by atoms with Gasteiger partial charge in [0.2, 0.25) is 0 Å². The lowest BCUT2D eigenvalue weighted by Gasteiger charge is -2.39. The summed E-state index contributed by atoms with van der Waals surface area (Å²) in [5, 5.41) is 9.41. The number of hydrogen-bond acceptors (Lipinski definition) is 4. The zero-order valence-electron chi connectivity index (χ0n) is 16.6. The fourth-order valence-corrected chi connectivity index (χ4v) is 4.03. The number of fused-ring (bicyclic) bond motifs is 2. The molecule has 2 aromatic rings. The van der Waals surface area contributed by atoms with Crippen molar-refractivity contribution < 1.29 is 9.90 Å². The zero-order chi connectivity index (χ0) is 19.7. The highest BCUT2D eigenvalue weighted by Gasteiger charge is 2.32. The van der Waals surface area contributed by atoms with E-state index in [9.17, 15) is 9.90 Å². The molecule has 0 bridgehead atoms. The summed E-state index contributed by atoms with van der Waals surface area (Å²) in [7, 11) is 0. The number of rotatable bonds is 3. The van der Waals surface area contributed by atoms with Crippen molar-refractivity contribution in [2.24, 2.45) is 10.4 Å². The summed E-state index contributed by atoms with van der Waals surface area (Å²) in [5.41, 5.74) is 4.08. The molecule has 146 valence electrons. The molecule has 5 heteroatoms. The Kier molecular flexibility index (Phi) is 4.94. The van der Waals surface area contributed by atoms with Crippen LogP contribution in [-0.4, -0.2) is 59.4 Å². The molecule has 2 heterocycles. The van der Waals surface area contributed by atoms with Gasteiger partial charge in [0.25, 0.3) is 0 Å². The molecule has 2 aliphatic rings. The fourth-order valence-electron chi connectivity index (χ4n) is 4.03. The third kappa shape index (κ3) is 3.67. The number of carboxylic acids is 1. The molecule has 0 aromatic heterocycles. The van der Waals surface area contributed by atoms with Crippen LogP contribution in [0, 0.1) is 5.41 Å². The second-order valence-corrected chi connectivity index (χ2v) is 8.35. The number of para-hydroxylation sites is 1. The summed E-state index contributed by atoms with van der Waals surface area (Å²) < 4.78 is 0. The van der Waals surface area contributed by atoms with Gasteiger partial charge in [-0.1, -0.05) is 42.5 Å². The van der Waals surface area contributed by atoms with Crippen LogP contribution >= 0.6 is 0 Å². The summed E-state index contributed by atoms with van der Waals surface area (Å²) >= 11 is 0. The Morgan fingerprint density at radius 1 is 1.00 bits per heavy atom. The van der Waals surface area contributed by atoms with Crippen LogP contribution < -0.4 is 0 Å². The number of amidine groups is 1. The van der Waals surface area contributed by atoms with E-state index in [4.69, 9.17) is 4.99 Å². The number of hydrogen-bond donors (Lipinski definition) is 1. The lowest BCUT2D eigenvalue weighted by Crippen LogP contribution is -2.52. The van der Waals surface area contributed by atoms with Crippen LogP contribution in [0.3, 0.4) is 0 Å². The number of benzene rings is 2. The number of aliphatic imine (C=N–C) groups is 1. The normalized spacial score (nSPS) is 17.4. The van der Waals surface area contributed by atoms with Gasteiger partial charge in [-0.3, -0.25) is 9.69 Å². The van der Waals surface area contributed by atoms with Crippen molar-refractivity contribution in [2.45, 2.75) is 20.3 Å². The summed E-state index contributed by atoms with van der Waals surface area (Å²) in [4.78, 5) is 21.1. The van der Waals surface area contributed by atoms with E-state index < -0.39 is 11.4 Å². The van der Waals surface area contributed by atoms with Crippen LogP contribution in [0.4, 0.5) is 5.69 Å². The Bertz CT molecular complexity index is 912. The third-order valence-corrected chi connectivity index (χ3v) is 5.73. The molecule has 2 aromatic carbocycles. The minimum absolute atomic E-state index is 0.571. The highest BCUT2D eigenvalue weighted by atomic mass is 16.4. The average Bonchev–Trinajstić information content (AvgIpc) is 2.85. The van der Waals surface area contributed by atoms with Gasteiger partial charge in [-0.25, -0.2) is 4.99 Å². The van der Waals surface area contributed by atoms with Crippen LogP contribution in [0.15, 0.2) is 53.5 Å². The van der Waals surface area contributed by atoms with Crippen LogP contribution in [0.5, 0.6) is 0 Å². The van der Waals surface area contributed by atoms with Gasteiger partial charge in [0, 0.05) is 44.7 Å². The number of carboxylic acid groups (broad SMARTS) is 1. The fraction of sp³-hybridized carbons (Fsp3) is 0.391. The van der Waals surface area contributed by atoms with Gasteiger partial charge in [0.1, 0.15) is 5.84 Å². The summed E-state index contributed by atoms with van der Waals surface area (Å²) in [5.74, 6) is 0.298. The second kappa shape index (κ2) is 7.40. The third-order valence-electron chi connectivity index (χ3n) is 5.73. The van der Waals surface area contributed by atoms with E-state index in [0.717, 1.165) is 44.1 Å². The molecular formula is C23H27N3O2. The van der Waals surface area contributed by atoms with E-state index in [1.165, 1.54) is 16.7 Å². The molecule has 0 atom stereocenters. The smallest absolute Gasteiger partial charge is 0.310 e. The molecule has 0 saturated carbocycles. The Hall–Kier alpha value is -2.66. The first-order chi connectivity index (χ1) is 13.4. The molecule has 0 spiro atoms. The zero-order valence-corrected chi connectivity index (χ0v) is 16.6. The largest absolute Gasteiger partial charge is 0.481 e. The molecule has 1 saturated heterocycles. The van der Waals surface area contributed by atoms with Crippen molar-refractivity contribution in [2.75, 3.05) is 32.7 Å². The van der Waals surface area contributed by atoms with Gasteiger partial charge < -0.3 is 10.0 Å². The molecule has 0 unspecified atom stereocenters. The monoisotopic (exact) mass is 377 g/mol. The molecule has 0 aliphatic carbocycles. The van der Waals surface area contributed by atoms with Crippen molar-refractivity contribution in [1.82, 2.24) is 9.80 Å². The lowest BCUT2D eigenvalue weighted by molar-refractivity contribution is -0.148. The van der Waals surface area contributed by atoms with E-state index in [2.05, 4.69) is 52.3 Å². The van der Waals surface area contributed by atoms with Crippen molar-refractivity contribution >= 4 is 17.5 Å². The van der Waals surface area contributed by atoms with Gasteiger partial charge >= 0.3 is 5.97 Å². The van der Waals surface area contributed by atoms with Gasteiger partial charge in [-0.05, 0) is 31.0 Å². The second-order valence-electron chi connectivity index (χ2n) is 8.35. The van der Waals surface area contributed by atoms with Crippen molar-refractivity contribution in [3.8, 4) is 0 Å². The molecule has 2 aliphatic heterocycles. The molecular weight excluding hydrogens is 350 g/mol. The van der Waals surface area contributed by atoms with Crippen molar-refractivity contribution in [1.29, 1.82) is 0 Å². The van der Waals surface area contributed by atoms with Crippen LogP contribution in [0.25, 0.3) is 0 Å². The highest BCUT2D eigenvalue weighted by molar-refractivity contribution is 6.02. The lowest BCUT2D eigenvalue weighted by atomic mass is 9.93. The van der Waals surface area contributed by atoms with Gasteiger partial charge in [0.05, 0.1) is 11.1 Å². The Labute approximate surface area is 166 Å². The Morgan fingerprint density at radius 2 is 1.64 bits per heavy atom. The van der Waals surface area contributed by atoms with E-state index in [0.29, 0.717) is 6.54 Å². The average molecular weight is 377 g/mol. The predicted molar refractivity (Wildman–Crippen MR) is 111 cm³/mol. The van der Waals surface area contributed by atoms with E-state index in [-0.39, 0.29) is 0 Å².